The van der Waals surface area contributed by atoms with E-state index in [-0.39, 0.29) is 5.69 Å². The number of benzene rings is 1. The number of sulfone groups is 1. The number of carbonyl (C=O) groups is 1. The Morgan fingerprint density at radius 3 is 2.43 bits per heavy atom. The topological polar surface area (TPSA) is 127 Å². The number of hydrogen-bond donors (Lipinski definition) is 2. The SMILES string of the molecule is C[C@@H](Nc1ccc(S(=O)(=O)C(F)F)cc1[N+](=O)[O-])C(=O)O. The van der Waals surface area contributed by atoms with Gasteiger partial charge >= 0.3 is 11.7 Å². The van der Waals surface area contributed by atoms with Gasteiger partial charge in [0.25, 0.3) is 5.69 Å². The summed E-state index contributed by atoms with van der Waals surface area (Å²) in [6, 6.07) is 0.873. The van der Waals surface area contributed by atoms with Crippen LogP contribution in [-0.2, 0) is 14.6 Å². The van der Waals surface area contributed by atoms with Crippen molar-refractivity contribution in [3.05, 3.63) is 28.3 Å². The van der Waals surface area contributed by atoms with E-state index in [1.807, 2.05) is 0 Å². The van der Waals surface area contributed by atoms with Gasteiger partial charge < -0.3 is 10.4 Å². The molecule has 2 N–H and O–H groups in total. The van der Waals surface area contributed by atoms with Crippen molar-refractivity contribution in [2.45, 2.75) is 23.6 Å². The second kappa shape index (κ2) is 5.99. The zero-order chi connectivity index (χ0) is 16.4. The van der Waals surface area contributed by atoms with Crippen LogP contribution in [0.2, 0.25) is 0 Å². The van der Waals surface area contributed by atoms with Crippen LogP contribution in [0.25, 0.3) is 0 Å². The highest BCUT2D eigenvalue weighted by molar-refractivity contribution is 7.91. The van der Waals surface area contributed by atoms with Gasteiger partial charge in [-0.3, -0.25) is 14.9 Å². The highest BCUT2D eigenvalue weighted by Gasteiger charge is 2.29. The van der Waals surface area contributed by atoms with Crippen LogP contribution in [0.15, 0.2) is 23.1 Å². The molecule has 0 saturated heterocycles. The lowest BCUT2D eigenvalue weighted by atomic mass is 10.2. The molecule has 1 aromatic carbocycles. The zero-order valence-corrected chi connectivity index (χ0v) is 11.3. The smallest absolute Gasteiger partial charge is 0.341 e. The molecule has 0 aliphatic heterocycles. The van der Waals surface area contributed by atoms with Gasteiger partial charge in [-0.25, -0.2) is 8.42 Å². The molecule has 0 heterocycles. The molecule has 21 heavy (non-hydrogen) atoms. The Morgan fingerprint density at radius 2 is 2.00 bits per heavy atom. The normalized spacial score (nSPS) is 13.0. The highest BCUT2D eigenvalue weighted by atomic mass is 32.2. The van der Waals surface area contributed by atoms with Crippen LogP contribution in [-0.4, -0.2) is 36.2 Å². The third-order valence-electron chi connectivity index (χ3n) is 2.47. The Labute approximate surface area is 117 Å². The van der Waals surface area contributed by atoms with Crippen molar-refractivity contribution in [1.29, 1.82) is 0 Å². The molecule has 0 aliphatic rings. The van der Waals surface area contributed by atoms with E-state index < -0.39 is 43.1 Å². The number of hydrogen-bond acceptors (Lipinski definition) is 6. The lowest BCUT2D eigenvalue weighted by Gasteiger charge is -2.12. The van der Waals surface area contributed by atoms with E-state index in [2.05, 4.69) is 5.32 Å². The summed E-state index contributed by atoms with van der Waals surface area (Å²) < 4.78 is 47.3. The van der Waals surface area contributed by atoms with Crippen LogP contribution in [0.4, 0.5) is 20.2 Å². The average Bonchev–Trinajstić information content (AvgIpc) is 2.38. The summed E-state index contributed by atoms with van der Waals surface area (Å²) in [5, 5.41) is 21.8. The summed E-state index contributed by atoms with van der Waals surface area (Å²) in [6.07, 6.45) is 0. The summed E-state index contributed by atoms with van der Waals surface area (Å²) in [4.78, 5) is 19.6. The van der Waals surface area contributed by atoms with Gasteiger partial charge in [0.15, 0.2) is 0 Å². The van der Waals surface area contributed by atoms with Crippen LogP contribution in [0, 0.1) is 10.1 Å². The number of nitro benzene ring substituents is 1. The molecule has 0 saturated carbocycles. The van der Waals surface area contributed by atoms with Crippen LogP contribution in [0.5, 0.6) is 0 Å². The molecular weight excluding hydrogens is 314 g/mol. The zero-order valence-electron chi connectivity index (χ0n) is 10.5. The number of rotatable bonds is 6. The third-order valence-corrected chi connectivity index (χ3v) is 3.85. The molecular formula is C10H10F2N2O6S. The van der Waals surface area contributed by atoms with Crippen LogP contribution in [0.3, 0.4) is 0 Å². The van der Waals surface area contributed by atoms with Gasteiger partial charge in [0.2, 0.25) is 9.84 Å². The number of carboxylic acid groups (broad SMARTS) is 1. The van der Waals surface area contributed by atoms with Gasteiger partial charge in [-0.05, 0) is 19.1 Å². The Bertz CT molecular complexity index is 676. The number of alkyl halides is 2. The van der Waals surface area contributed by atoms with Crippen molar-refractivity contribution >= 4 is 27.2 Å². The lowest BCUT2D eigenvalue weighted by Crippen LogP contribution is -2.25. The predicted octanol–water partition coefficient (Wildman–Crippen LogP) is 1.48. The van der Waals surface area contributed by atoms with Gasteiger partial charge in [0.05, 0.1) is 9.82 Å². The first-order valence-electron chi connectivity index (χ1n) is 5.37. The van der Waals surface area contributed by atoms with Crippen molar-refractivity contribution in [2.75, 3.05) is 5.32 Å². The molecule has 0 fully saturated rings. The first-order chi connectivity index (χ1) is 9.57. The molecule has 0 spiro atoms. The van der Waals surface area contributed by atoms with E-state index >= 15 is 0 Å². The molecule has 1 aromatic rings. The van der Waals surface area contributed by atoms with Crippen LogP contribution in [0.1, 0.15) is 6.92 Å². The summed E-state index contributed by atoms with van der Waals surface area (Å²) in [7, 11) is -4.98. The predicted molar refractivity (Wildman–Crippen MR) is 67.0 cm³/mol. The van der Waals surface area contributed by atoms with Crippen molar-refractivity contribution in [3.63, 3.8) is 0 Å². The minimum absolute atomic E-state index is 0.289. The van der Waals surface area contributed by atoms with Crippen LogP contribution >= 0.6 is 0 Å². The maximum absolute atomic E-state index is 12.4. The molecule has 1 atom stereocenters. The lowest BCUT2D eigenvalue weighted by molar-refractivity contribution is -0.384. The molecule has 0 bridgehead atoms. The van der Waals surface area contributed by atoms with E-state index in [9.17, 15) is 32.1 Å². The Morgan fingerprint density at radius 1 is 1.43 bits per heavy atom. The minimum atomic E-state index is -4.98. The Hall–Kier alpha value is -2.30. The Balaban J connectivity index is 3.33. The van der Waals surface area contributed by atoms with E-state index in [0.29, 0.717) is 6.07 Å². The number of aliphatic carboxylic acids is 1. The Kier molecular flexibility index (Phi) is 4.78. The van der Waals surface area contributed by atoms with Gasteiger partial charge in [0.1, 0.15) is 11.7 Å². The molecule has 0 aliphatic carbocycles. The summed E-state index contributed by atoms with van der Waals surface area (Å²) in [5.41, 5.74) is -1.10. The molecule has 0 amide bonds. The maximum atomic E-state index is 12.4. The van der Waals surface area contributed by atoms with Gasteiger partial charge in [-0.2, -0.15) is 8.78 Å². The largest absolute Gasteiger partial charge is 0.480 e. The van der Waals surface area contributed by atoms with Gasteiger partial charge in [0, 0.05) is 6.07 Å². The number of nitrogens with one attached hydrogen (secondary N) is 1. The summed E-state index contributed by atoms with van der Waals surface area (Å²) in [5.74, 6) is -5.01. The first kappa shape index (κ1) is 16.8. The minimum Gasteiger partial charge on any atom is -0.480 e. The van der Waals surface area contributed by atoms with Crippen molar-refractivity contribution in [3.8, 4) is 0 Å². The van der Waals surface area contributed by atoms with Crippen molar-refractivity contribution in [2.24, 2.45) is 0 Å². The van der Waals surface area contributed by atoms with Crippen molar-refractivity contribution in [1.82, 2.24) is 0 Å². The molecule has 1 rings (SSSR count). The molecule has 0 aromatic heterocycles. The number of anilines is 1. The molecule has 116 valence electrons. The monoisotopic (exact) mass is 324 g/mol. The summed E-state index contributed by atoms with van der Waals surface area (Å²) >= 11 is 0. The second-order valence-electron chi connectivity index (χ2n) is 3.95. The number of nitro groups is 1. The van der Waals surface area contributed by atoms with E-state index in [0.717, 1.165) is 12.1 Å². The van der Waals surface area contributed by atoms with Crippen molar-refractivity contribution < 1.29 is 32.0 Å². The van der Waals surface area contributed by atoms with Crippen LogP contribution < -0.4 is 5.32 Å². The molecule has 8 nitrogen and oxygen atoms in total. The average molecular weight is 324 g/mol. The highest BCUT2D eigenvalue weighted by Crippen LogP contribution is 2.30. The summed E-state index contributed by atoms with van der Waals surface area (Å²) in [6.45, 7) is 1.20. The van der Waals surface area contributed by atoms with E-state index in [4.69, 9.17) is 5.11 Å². The quantitative estimate of drug-likeness (QED) is 0.599. The number of halogens is 2. The van der Waals surface area contributed by atoms with E-state index in [1.165, 1.54) is 6.92 Å². The molecule has 11 heteroatoms. The third kappa shape index (κ3) is 3.62. The van der Waals surface area contributed by atoms with Gasteiger partial charge in [-0.1, -0.05) is 0 Å². The van der Waals surface area contributed by atoms with Gasteiger partial charge in [-0.15, -0.1) is 0 Å². The standard InChI is InChI=1S/C10H10F2N2O6S/c1-5(9(15)16)13-7-3-2-6(4-8(7)14(17)18)21(19,20)10(11)12/h2-5,10,13H,1H3,(H,15,16)/t5-/m1/s1. The first-order valence-corrected chi connectivity index (χ1v) is 6.92. The molecule has 0 radical (unpaired) electrons. The fourth-order valence-electron chi connectivity index (χ4n) is 1.36. The number of carboxylic acids is 1. The molecule has 0 unspecified atom stereocenters. The fourth-order valence-corrected chi connectivity index (χ4v) is 2.10. The van der Waals surface area contributed by atoms with E-state index in [1.54, 1.807) is 0 Å². The number of nitrogens with zero attached hydrogens (tertiary/aromatic N) is 1. The fraction of sp³-hybridized carbons (Fsp3) is 0.300. The maximum Gasteiger partial charge on any atom is 0.341 e. The second-order valence-corrected chi connectivity index (χ2v) is 5.86.